The van der Waals surface area contributed by atoms with Crippen molar-refractivity contribution in [3.63, 3.8) is 0 Å². The van der Waals surface area contributed by atoms with Gasteiger partial charge in [-0.25, -0.2) is 0 Å². The lowest BCUT2D eigenvalue weighted by Crippen LogP contribution is -2.14. The van der Waals surface area contributed by atoms with Crippen molar-refractivity contribution in [3.05, 3.63) is 59.8 Å². The van der Waals surface area contributed by atoms with Crippen LogP contribution in [0.25, 0.3) is 22.0 Å². The highest BCUT2D eigenvalue weighted by molar-refractivity contribution is 9.08. The van der Waals surface area contributed by atoms with Crippen LogP contribution in [0.2, 0.25) is 0 Å². The molecule has 3 rings (SSSR count). The molecule has 0 saturated carbocycles. The molecule has 172 valence electrons. The Morgan fingerprint density at radius 2 is 1.66 bits per heavy atom. The Balaban J connectivity index is 2.14. The summed E-state index contributed by atoms with van der Waals surface area (Å²) in [5.74, 6) is 0.667. The monoisotopic (exact) mass is 517 g/mol. The molecule has 0 saturated heterocycles. The van der Waals surface area contributed by atoms with Crippen LogP contribution in [0.3, 0.4) is 0 Å². The van der Waals surface area contributed by atoms with E-state index >= 15 is 0 Å². The van der Waals surface area contributed by atoms with Crippen LogP contribution in [0.15, 0.2) is 48.5 Å². The van der Waals surface area contributed by atoms with Gasteiger partial charge in [0.2, 0.25) is 0 Å². The standard InChI is InChI=1S/C26H33BrNO3P/c1-5-30-32(29,31-6-2)25-17-23(21-12-10-20(18-27)11-13-21)16-22-14-15-24(28-26(22)25)9-7-8-19(3)4/h10-17,19H,5-9,18H2,1-4H3. The first kappa shape index (κ1) is 25.1. The lowest BCUT2D eigenvalue weighted by Gasteiger charge is -2.20. The van der Waals surface area contributed by atoms with E-state index < -0.39 is 7.60 Å². The average molecular weight is 518 g/mol. The van der Waals surface area contributed by atoms with Gasteiger partial charge in [-0.05, 0) is 67.5 Å². The molecule has 0 unspecified atom stereocenters. The summed E-state index contributed by atoms with van der Waals surface area (Å²) in [5, 5.41) is 2.29. The van der Waals surface area contributed by atoms with E-state index in [1.54, 1.807) is 0 Å². The first-order chi connectivity index (χ1) is 15.4. The van der Waals surface area contributed by atoms with Gasteiger partial charge in [-0.1, -0.05) is 66.5 Å². The van der Waals surface area contributed by atoms with Crippen LogP contribution in [-0.4, -0.2) is 18.2 Å². The van der Waals surface area contributed by atoms with Crippen LogP contribution in [0.4, 0.5) is 0 Å². The first-order valence-electron chi connectivity index (χ1n) is 11.4. The van der Waals surface area contributed by atoms with E-state index in [1.165, 1.54) is 5.56 Å². The van der Waals surface area contributed by atoms with Gasteiger partial charge in [0.15, 0.2) is 0 Å². The largest absolute Gasteiger partial charge is 0.363 e. The Kier molecular flexibility index (Phi) is 9.07. The summed E-state index contributed by atoms with van der Waals surface area (Å²) >= 11 is 3.50. The normalized spacial score (nSPS) is 12.1. The molecule has 3 aromatic rings. The van der Waals surface area contributed by atoms with Crippen molar-refractivity contribution in [2.24, 2.45) is 5.92 Å². The Labute approximate surface area is 200 Å². The zero-order valence-electron chi connectivity index (χ0n) is 19.4. The molecule has 0 amide bonds. The molecule has 0 spiro atoms. The Bertz CT molecular complexity index is 1070. The summed E-state index contributed by atoms with van der Waals surface area (Å²) in [4.78, 5) is 4.93. The van der Waals surface area contributed by atoms with Crippen molar-refractivity contribution in [1.82, 2.24) is 4.98 Å². The molecule has 0 fully saturated rings. The molecule has 0 bridgehead atoms. The fourth-order valence-corrected chi connectivity index (χ4v) is 5.91. The minimum absolute atomic E-state index is 0.303. The fourth-order valence-electron chi connectivity index (χ4n) is 3.77. The second kappa shape index (κ2) is 11.6. The molecule has 4 nitrogen and oxygen atoms in total. The molecule has 1 heterocycles. The third-order valence-electron chi connectivity index (χ3n) is 5.38. The number of hydrogen-bond acceptors (Lipinski definition) is 4. The average Bonchev–Trinajstić information content (AvgIpc) is 2.78. The third-order valence-corrected chi connectivity index (χ3v) is 8.15. The molecule has 0 radical (unpaired) electrons. The van der Waals surface area contributed by atoms with Gasteiger partial charge >= 0.3 is 7.60 Å². The smallest absolute Gasteiger partial charge is 0.305 e. The van der Waals surface area contributed by atoms with Crippen molar-refractivity contribution in [2.45, 2.75) is 52.3 Å². The van der Waals surface area contributed by atoms with E-state index in [2.05, 4.69) is 72.2 Å². The topological polar surface area (TPSA) is 48.4 Å². The maximum absolute atomic E-state index is 13.8. The predicted octanol–water partition coefficient (Wildman–Crippen LogP) is 7.67. The number of rotatable bonds is 11. The Hall–Kier alpha value is -1.52. The van der Waals surface area contributed by atoms with Gasteiger partial charge < -0.3 is 9.05 Å². The summed E-state index contributed by atoms with van der Waals surface area (Å²) in [7, 11) is -3.51. The molecule has 32 heavy (non-hydrogen) atoms. The van der Waals surface area contributed by atoms with Crippen molar-refractivity contribution in [1.29, 1.82) is 0 Å². The van der Waals surface area contributed by atoms with Crippen LogP contribution in [0.1, 0.15) is 51.8 Å². The van der Waals surface area contributed by atoms with E-state index in [1.807, 2.05) is 19.9 Å². The highest BCUT2D eigenvalue weighted by Gasteiger charge is 2.30. The maximum atomic E-state index is 13.8. The zero-order chi connectivity index (χ0) is 23.1. The maximum Gasteiger partial charge on any atom is 0.363 e. The number of nitrogens with zero attached hydrogens (tertiary/aromatic N) is 1. The molecular formula is C26H33BrNO3P. The number of hydrogen-bond donors (Lipinski definition) is 0. The lowest BCUT2D eigenvalue weighted by molar-refractivity contribution is 0.230. The number of alkyl halides is 1. The minimum Gasteiger partial charge on any atom is -0.305 e. The van der Waals surface area contributed by atoms with E-state index in [-0.39, 0.29) is 0 Å². The van der Waals surface area contributed by atoms with Gasteiger partial charge in [0.05, 0.1) is 24.0 Å². The quantitative estimate of drug-likeness (QED) is 0.193. The fraction of sp³-hybridized carbons (Fsp3) is 0.423. The Morgan fingerprint density at radius 3 is 2.25 bits per heavy atom. The number of fused-ring (bicyclic) bond motifs is 1. The van der Waals surface area contributed by atoms with E-state index in [9.17, 15) is 4.57 Å². The summed E-state index contributed by atoms with van der Waals surface area (Å²) < 4.78 is 25.3. The van der Waals surface area contributed by atoms with E-state index in [4.69, 9.17) is 14.0 Å². The molecule has 0 aliphatic heterocycles. The number of aryl methyl sites for hydroxylation is 1. The van der Waals surface area contributed by atoms with Crippen LogP contribution in [0.5, 0.6) is 0 Å². The van der Waals surface area contributed by atoms with E-state index in [0.29, 0.717) is 30.0 Å². The lowest BCUT2D eigenvalue weighted by atomic mass is 10.0. The number of aromatic nitrogens is 1. The zero-order valence-corrected chi connectivity index (χ0v) is 21.9. The van der Waals surface area contributed by atoms with Crippen molar-refractivity contribution >= 4 is 39.7 Å². The molecule has 1 aromatic heterocycles. The number of halogens is 1. The van der Waals surface area contributed by atoms with Crippen molar-refractivity contribution < 1.29 is 13.6 Å². The molecule has 0 aliphatic carbocycles. The number of pyridine rings is 1. The molecular weight excluding hydrogens is 485 g/mol. The summed E-state index contributed by atoms with van der Waals surface area (Å²) in [5.41, 5.74) is 4.95. The SMILES string of the molecule is CCOP(=O)(OCC)c1cc(-c2ccc(CBr)cc2)cc2ccc(CCCC(C)C)nc12. The summed E-state index contributed by atoms with van der Waals surface area (Å²) in [6.45, 7) is 8.74. The van der Waals surface area contributed by atoms with E-state index in [0.717, 1.165) is 46.8 Å². The molecule has 0 atom stereocenters. The first-order valence-corrected chi connectivity index (χ1v) is 14.0. The number of benzene rings is 2. The third kappa shape index (κ3) is 6.08. The molecule has 2 aromatic carbocycles. The van der Waals surface area contributed by atoms with Gasteiger partial charge in [-0.15, -0.1) is 0 Å². The van der Waals surface area contributed by atoms with Gasteiger partial charge in [0, 0.05) is 16.4 Å². The highest BCUT2D eigenvalue weighted by Crippen LogP contribution is 2.49. The Morgan fingerprint density at radius 1 is 0.969 bits per heavy atom. The van der Waals surface area contributed by atoms with Crippen LogP contribution < -0.4 is 5.30 Å². The molecule has 0 N–H and O–H groups in total. The van der Waals surface area contributed by atoms with Gasteiger partial charge in [-0.2, -0.15) is 0 Å². The highest BCUT2D eigenvalue weighted by atomic mass is 79.9. The second-order valence-electron chi connectivity index (χ2n) is 8.32. The van der Waals surface area contributed by atoms with Crippen molar-refractivity contribution in [2.75, 3.05) is 13.2 Å². The van der Waals surface area contributed by atoms with Gasteiger partial charge in [-0.3, -0.25) is 9.55 Å². The minimum atomic E-state index is -3.51. The molecule has 6 heteroatoms. The summed E-state index contributed by atoms with van der Waals surface area (Å²) in [6, 6.07) is 16.6. The van der Waals surface area contributed by atoms with Gasteiger partial charge in [0.25, 0.3) is 0 Å². The van der Waals surface area contributed by atoms with Crippen LogP contribution in [-0.2, 0) is 25.4 Å². The molecule has 0 aliphatic rings. The van der Waals surface area contributed by atoms with Gasteiger partial charge in [0.1, 0.15) is 0 Å². The second-order valence-corrected chi connectivity index (χ2v) is 10.9. The summed E-state index contributed by atoms with van der Waals surface area (Å²) in [6.07, 6.45) is 3.14. The van der Waals surface area contributed by atoms with Crippen LogP contribution in [0, 0.1) is 5.92 Å². The van der Waals surface area contributed by atoms with Crippen LogP contribution >= 0.6 is 23.5 Å². The predicted molar refractivity (Wildman–Crippen MR) is 138 cm³/mol. The van der Waals surface area contributed by atoms with Crippen molar-refractivity contribution in [3.8, 4) is 11.1 Å².